The molecule has 1 atom stereocenters. The van der Waals surface area contributed by atoms with E-state index in [-0.39, 0.29) is 11.9 Å². The summed E-state index contributed by atoms with van der Waals surface area (Å²) < 4.78 is 0. The lowest BCUT2D eigenvalue weighted by atomic mass is 10.1. The first-order valence-corrected chi connectivity index (χ1v) is 7.28. The summed E-state index contributed by atoms with van der Waals surface area (Å²) in [6, 6.07) is 7.83. The van der Waals surface area contributed by atoms with E-state index in [0.717, 1.165) is 23.0 Å². The Bertz CT molecular complexity index is 627. The number of pyridine rings is 1. The van der Waals surface area contributed by atoms with Gasteiger partial charge >= 0.3 is 0 Å². The van der Waals surface area contributed by atoms with Crippen molar-refractivity contribution in [3.05, 3.63) is 30.5 Å². The van der Waals surface area contributed by atoms with Gasteiger partial charge in [0.05, 0.1) is 11.2 Å². The van der Waals surface area contributed by atoms with Crippen LogP contribution in [0.1, 0.15) is 26.7 Å². The number of fused-ring (bicyclic) bond motifs is 1. The fourth-order valence-electron chi connectivity index (χ4n) is 2.11. The van der Waals surface area contributed by atoms with Crippen LogP contribution in [0, 0.1) is 0 Å². The zero-order valence-electron chi connectivity index (χ0n) is 12.5. The van der Waals surface area contributed by atoms with E-state index in [1.807, 2.05) is 31.2 Å². The van der Waals surface area contributed by atoms with Crippen molar-refractivity contribution in [2.75, 3.05) is 17.6 Å². The Balaban J connectivity index is 1.98. The van der Waals surface area contributed by atoms with Gasteiger partial charge in [-0.15, -0.1) is 0 Å². The summed E-state index contributed by atoms with van der Waals surface area (Å²) in [4.78, 5) is 16.0. The molecule has 4 N–H and O–H groups in total. The van der Waals surface area contributed by atoms with Crippen LogP contribution in [0.2, 0.25) is 0 Å². The summed E-state index contributed by atoms with van der Waals surface area (Å²) in [6.45, 7) is 4.64. The van der Waals surface area contributed by atoms with Gasteiger partial charge in [-0.25, -0.2) is 0 Å². The zero-order chi connectivity index (χ0) is 15.2. The molecule has 0 radical (unpaired) electrons. The maximum atomic E-state index is 11.7. The van der Waals surface area contributed by atoms with Crippen molar-refractivity contribution >= 4 is 28.2 Å². The summed E-state index contributed by atoms with van der Waals surface area (Å²) in [7, 11) is 0. The lowest BCUT2D eigenvalue weighted by molar-refractivity contribution is -0.121. The van der Waals surface area contributed by atoms with Crippen LogP contribution < -0.4 is 16.4 Å². The highest BCUT2D eigenvalue weighted by atomic mass is 16.1. The van der Waals surface area contributed by atoms with Gasteiger partial charge < -0.3 is 16.4 Å². The zero-order valence-corrected chi connectivity index (χ0v) is 12.5. The molecule has 5 nitrogen and oxygen atoms in total. The lowest BCUT2D eigenvalue weighted by Crippen LogP contribution is -2.32. The van der Waals surface area contributed by atoms with Crippen LogP contribution in [-0.4, -0.2) is 23.5 Å². The minimum atomic E-state index is 0.0646. The number of amides is 1. The monoisotopic (exact) mass is 286 g/mol. The van der Waals surface area contributed by atoms with E-state index in [1.165, 1.54) is 0 Å². The van der Waals surface area contributed by atoms with Gasteiger partial charge in [-0.3, -0.25) is 9.78 Å². The molecule has 0 aliphatic carbocycles. The molecule has 0 aliphatic rings. The third-order valence-electron chi connectivity index (χ3n) is 3.49. The molecule has 112 valence electrons. The summed E-state index contributed by atoms with van der Waals surface area (Å²) in [5.74, 6) is 0.0646. The van der Waals surface area contributed by atoms with Crippen molar-refractivity contribution < 1.29 is 4.79 Å². The number of nitrogens with zero attached hydrogens (tertiary/aromatic N) is 1. The smallest absolute Gasteiger partial charge is 0.221 e. The Morgan fingerprint density at radius 1 is 1.38 bits per heavy atom. The SMILES string of the molecule is CCC(C)NC(=O)CCNc1ccnc2c(N)cccc12. The summed E-state index contributed by atoms with van der Waals surface area (Å²) >= 11 is 0. The van der Waals surface area contributed by atoms with Gasteiger partial charge in [0, 0.05) is 36.3 Å². The fraction of sp³-hybridized carbons (Fsp3) is 0.375. The van der Waals surface area contributed by atoms with E-state index in [9.17, 15) is 4.79 Å². The molecule has 2 aromatic rings. The highest BCUT2D eigenvalue weighted by Gasteiger charge is 2.07. The number of para-hydroxylation sites is 1. The van der Waals surface area contributed by atoms with Crippen molar-refractivity contribution in [3.63, 3.8) is 0 Å². The van der Waals surface area contributed by atoms with Crippen LogP contribution in [-0.2, 0) is 4.79 Å². The molecule has 0 saturated carbocycles. The van der Waals surface area contributed by atoms with Crippen LogP contribution in [0.5, 0.6) is 0 Å². The third-order valence-corrected chi connectivity index (χ3v) is 3.49. The first kappa shape index (κ1) is 15.1. The molecule has 0 aliphatic heterocycles. The fourth-order valence-corrected chi connectivity index (χ4v) is 2.11. The summed E-state index contributed by atoms with van der Waals surface area (Å²) in [5, 5.41) is 7.20. The van der Waals surface area contributed by atoms with Gasteiger partial charge in [-0.1, -0.05) is 19.1 Å². The van der Waals surface area contributed by atoms with Crippen molar-refractivity contribution in [2.45, 2.75) is 32.7 Å². The highest BCUT2D eigenvalue weighted by Crippen LogP contribution is 2.25. The molecule has 0 fully saturated rings. The second-order valence-corrected chi connectivity index (χ2v) is 5.16. The molecule has 2 rings (SSSR count). The van der Waals surface area contributed by atoms with Gasteiger partial charge in [0.25, 0.3) is 0 Å². The number of hydrogen-bond acceptors (Lipinski definition) is 4. The normalized spacial score (nSPS) is 12.1. The van der Waals surface area contributed by atoms with Crippen molar-refractivity contribution in [2.24, 2.45) is 0 Å². The molecule has 21 heavy (non-hydrogen) atoms. The number of aromatic nitrogens is 1. The largest absolute Gasteiger partial charge is 0.397 e. The van der Waals surface area contributed by atoms with E-state index in [0.29, 0.717) is 18.7 Å². The lowest BCUT2D eigenvalue weighted by Gasteiger charge is -2.13. The standard InChI is InChI=1S/C16H22N4O/c1-3-11(2)20-15(21)8-10-18-14-7-9-19-16-12(14)5-4-6-13(16)17/h4-7,9,11H,3,8,10,17H2,1-2H3,(H,18,19)(H,20,21). The van der Waals surface area contributed by atoms with Crippen molar-refractivity contribution in [3.8, 4) is 0 Å². The topological polar surface area (TPSA) is 80.0 Å². The number of anilines is 2. The Kier molecular flexibility index (Phi) is 4.98. The predicted octanol–water partition coefficient (Wildman–Crippen LogP) is 2.53. The van der Waals surface area contributed by atoms with Crippen molar-refractivity contribution in [1.29, 1.82) is 0 Å². The van der Waals surface area contributed by atoms with Crippen molar-refractivity contribution in [1.82, 2.24) is 10.3 Å². The van der Waals surface area contributed by atoms with Crippen LogP contribution >= 0.6 is 0 Å². The first-order chi connectivity index (χ1) is 10.1. The predicted molar refractivity (Wildman–Crippen MR) is 87.2 cm³/mol. The van der Waals surface area contributed by atoms with E-state index < -0.39 is 0 Å². The number of nitrogens with two attached hydrogens (primary N) is 1. The maximum Gasteiger partial charge on any atom is 0.221 e. The number of carbonyl (C=O) groups excluding carboxylic acids is 1. The molecule has 1 unspecified atom stereocenters. The number of nitrogen functional groups attached to an aromatic ring is 1. The average molecular weight is 286 g/mol. The molecular formula is C16H22N4O. The van der Waals surface area contributed by atoms with Crippen LogP contribution in [0.25, 0.3) is 10.9 Å². The van der Waals surface area contributed by atoms with E-state index >= 15 is 0 Å². The quantitative estimate of drug-likeness (QED) is 0.713. The highest BCUT2D eigenvalue weighted by molar-refractivity contribution is 5.97. The van der Waals surface area contributed by atoms with Gasteiger partial charge in [-0.05, 0) is 25.5 Å². The molecule has 0 bridgehead atoms. The van der Waals surface area contributed by atoms with Gasteiger partial charge in [0.2, 0.25) is 5.91 Å². The maximum absolute atomic E-state index is 11.7. The molecule has 1 aromatic heterocycles. The number of nitrogens with one attached hydrogen (secondary N) is 2. The molecular weight excluding hydrogens is 264 g/mol. The molecule has 1 aromatic carbocycles. The van der Waals surface area contributed by atoms with Crippen LogP contribution in [0.15, 0.2) is 30.5 Å². The molecule has 0 saturated heterocycles. The van der Waals surface area contributed by atoms with Gasteiger partial charge in [0.1, 0.15) is 0 Å². The van der Waals surface area contributed by atoms with E-state index in [4.69, 9.17) is 5.73 Å². The molecule has 5 heteroatoms. The van der Waals surface area contributed by atoms with Crippen LogP contribution in [0.4, 0.5) is 11.4 Å². The number of hydrogen-bond donors (Lipinski definition) is 3. The molecule has 1 heterocycles. The number of benzene rings is 1. The molecule has 0 spiro atoms. The second kappa shape index (κ2) is 6.92. The number of rotatable bonds is 6. The minimum absolute atomic E-state index is 0.0646. The van der Waals surface area contributed by atoms with Gasteiger partial charge in [-0.2, -0.15) is 0 Å². The first-order valence-electron chi connectivity index (χ1n) is 7.28. The third kappa shape index (κ3) is 3.84. The van der Waals surface area contributed by atoms with Crippen LogP contribution in [0.3, 0.4) is 0 Å². The Hall–Kier alpha value is -2.30. The Labute approximate surface area is 124 Å². The Morgan fingerprint density at radius 3 is 2.95 bits per heavy atom. The van der Waals surface area contributed by atoms with E-state index in [2.05, 4.69) is 22.5 Å². The van der Waals surface area contributed by atoms with Gasteiger partial charge in [0.15, 0.2) is 0 Å². The summed E-state index contributed by atoms with van der Waals surface area (Å²) in [6.07, 6.45) is 3.10. The molecule has 1 amide bonds. The minimum Gasteiger partial charge on any atom is -0.397 e. The van der Waals surface area contributed by atoms with E-state index in [1.54, 1.807) is 6.20 Å². The second-order valence-electron chi connectivity index (χ2n) is 5.16. The Morgan fingerprint density at radius 2 is 2.19 bits per heavy atom. The summed E-state index contributed by atoms with van der Waals surface area (Å²) in [5.41, 5.74) is 8.31. The average Bonchev–Trinajstić information content (AvgIpc) is 2.48. The number of carbonyl (C=O) groups is 1.